The summed E-state index contributed by atoms with van der Waals surface area (Å²) in [4.78, 5) is 7.72. The number of anilines is 1. The van der Waals surface area contributed by atoms with Gasteiger partial charge in [0.15, 0.2) is 0 Å². The second-order valence-corrected chi connectivity index (χ2v) is 7.08. The van der Waals surface area contributed by atoms with Crippen LogP contribution in [0.15, 0.2) is 24.4 Å². The zero-order valence-corrected chi connectivity index (χ0v) is 14.5. The fraction of sp³-hybridized carbons (Fsp3) is 0.400. The minimum atomic E-state index is 0.704. The summed E-state index contributed by atoms with van der Waals surface area (Å²) in [5.41, 5.74) is 1.08. The molecule has 2 aromatic heterocycles. The van der Waals surface area contributed by atoms with Gasteiger partial charge in [-0.2, -0.15) is 0 Å². The predicted octanol–water partition coefficient (Wildman–Crippen LogP) is 4.59. The maximum atomic E-state index is 6.21. The highest BCUT2D eigenvalue weighted by atomic mass is 35.5. The maximum absolute atomic E-state index is 6.21. The molecule has 0 unspecified atom stereocenters. The van der Waals surface area contributed by atoms with Crippen molar-refractivity contribution in [3.63, 3.8) is 0 Å². The van der Waals surface area contributed by atoms with Gasteiger partial charge in [0.1, 0.15) is 5.82 Å². The second kappa shape index (κ2) is 7.99. The van der Waals surface area contributed by atoms with Crippen molar-refractivity contribution in [3.8, 4) is 0 Å². The van der Waals surface area contributed by atoms with E-state index in [1.54, 1.807) is 17.5 Å². The molecule has 0 amide bonds. The van der Waals surface area contributed by atoms with Crippen molar-refractivity contribution in [1.29, 1.82) is 0 Å². The van der Waals surface area contributed by atoms with Crippen molar-refractivity contribution in [2.24, 2.45) is 0 Å². The average molecular weight is 344 g/mol. The Morgan fingerprint density at radius 3 is 2.81 bits per heavy atom. The van der Waals surface area contributed by atoms with Crippen molar-refractivity contribution in [3.05, 3.63) is 44.2 Å². The van der Waals surface area contributed by atoms with E-state index in [4.69, 9.17) is 23.2 Å². The molecule has 1 N–H and O–H groups in total. The summed E-state index contributed by atoms with van der Waals surface area (Å²) < 4.78 is 0.812. The van der Waals surface area contributed by atoms with Gasteiger partial charge in [-0.1, -0.05) is 30.1 Å². The first-order chi connectivity index (χ1) is 10.1. The number of nitrogens with one attached hydrogen (secondary N) is 1. The lowest BCUT2D eigenvalue weighted by Crippen LogP contribution is -2.18. The molecule has 0 saturated carbocycles. The lowest BCUT2D eigenvalue weighted by atomic mass is 10.2. The van der Waals surface area contributed by atoms with Crippen LogP contribution in [0.5, 0.6) is 0 Å². The third kappa shape index (κ3) is 4.85. The second-order valence-electron chi connectivity index (χ2n) is 4.87. The van der Waals surface area contributed by atoms with E-state index in [1.807, 2.05) is 25.2 Å². The van der Waals surface area contributed by atoms with Crippen molar-refractivity contribution in [1.82, 2.24) is 10.3 Å². The number of rotatable bonds is 7. The Labute approximate surface area is 139 Å². The van der Waals surface area contributed by atoms with Crippen LogP contribution in [0.2, 0.25) is 9.36 Å². The molecule has 0 aliphatic rings. The standard InChI is InChI=1S/C15H19Cl2N3S/c1-3-6-18-8-11-7-15(19-9-13(11)16)20(2)10-12-4-5-14(17)21-12/h4-5,7,9,18H,3,6,8,10H2,1-2H3. The molecular weight excluding hydrogens is 325 g/mol. The minimum Gasteiger partial charge on any atom is -0.355 e. The molecule has 0 aromatic carbocycles. The molecule has 2 heterocycles. The van der Waals surface area contributed by atoms with Gasteiger partial charge in [-0.3, -0.25) is 0 Å². The summed E-state index contributed by atoms with van der Waals surface area (Å²) >= 11 is 13.8. The van der Waals surface area contributed by atoms with Gasteiger partial charge in [0.05, 0.1) is 15.9 Å². The monoisotopic (exact) mass is 343 g/mol. The van der Waals surface area contributed by atoms with Gasteiger partial charge in [-0.25, -0.2) is 4.98 Å². The number of thiophene rings is 1. The van der Waals surface area contributed by atoms with Crippen molar-refractivity contribution >= 4 is 40.4 Å². The van der Waals surface area contributed by atoms with E-state index in [1.165, 1.54) is 4.88 Å². The number of pyridine rings is 1. The van der Waals surface area contributed by atoms with Crippen LogP contribution in [0.1, 0.15) is 23.8 Å². The Morgan fingerprint density at radius 1 is 1.33 bits per heavy atom. The molecule has 0 atom stereocenters. The molecule has 0 fully saturated rings. The molecule has 3 nitrogen and oxygen atoms in total. The molecule has 0 aliphatic carbocycles. The van der Waals surface area contributed by atoms with Crippen LogP contribution in [0.3, 0.4) is 0 Å². The van der Waals surface area contributed by atoms with Gasteiger partial charge in [0.2, 0.25) is 0 Å². The smallest absolute Gasteiger partial charge is 0.128 e. The van der Waals surface area contributed by atoms with Gasteiger partial charge < -0.3 is 10.2 Å². The highest BCUT2D eigenvalue weighted by molar-refractivity contribution is 7.16. The van der Waals surface area contributed by atoms with Crippen LogP contribution >= 0.6 is 34.5 Å². The molecule has 0 spiro atoms. The number of hydrogen-bond acceptors (Lipinski definition) is 4. The molecule has 0 radical (unpaired) electrons. The SMILES string of the molecule is CCCNCc1cc(N(C)Cc2ccc(Cl)s2)ncc1Cl. The highest BCUT2D eigenvalue weighted by Crippen LogP contribution is 2.25. The van der Waals surface area contributed by atoms with E-state index in [0.717, 1.165) is 41.8 Å². The fourth-order valence-corrected chi connectivity index (χ4v) is 3.27. The minimum absolute atomic E-state index is 0.704. The third-order valence-electron chi connectivity index (χ3n) is 3.08. The lowest BCUT2D eigenvalue weighted by Gasteiger charge is -2.18. The number of halogens is 2. The first-order valence-electron chi connectivity index (χ1n) is 6.90. The Kier molecular flexibility index (Phi) is 6.30. The molecule has 114 valence electrons. The summed E-state index contributed by atoms with van der Waals surface area (Å²) in [6.45, 7) is 4.68. The summed E-state index contributed by atoms with van der Waals surface area (Å²) in [6.07, 6.45) is 2.83. The highest BCUT2D eigenvalue weighted by Gasteiger charge is 2.09. The van der Waals surface area contributed by atoms with Gasteiger partial charge in [-0.05, 0) is 36.7 Å². The molecule has 21 heavy (non-hydrogen) atoms. The van der Waals surface area contributed by atoms with Gasteiger partial charge in [0, 0.05) is 24.7 Å². The molecule has 2 aromatic rings. The van der Waals surface area contributed by atoms with E-state index in [-0.39, 0.29) is 0 Å². The fourth-order valence-electron chi connectivity index (χ4n) is 1.96. The van der Waals surface area contributed by atoms with Gasteiger partial charge >= 0.3 is 0 Å². The molecule has 0 aliphatic heterocycles. The quantitative estimate of drug-likeness (QED) is 0.745. The van der Waals surface area contributed by atoms with E-state index in [0.29, 0.717) is 5.02 Å². The zero-order valence-electron chi connectivity index (χ0n) is 12.2. The summed E-state index contributed by atoms with van der Waals surface area (Å²) in [5.74, 6) is 0.914. The molecular formula is C15H19Cl2N3S. The van der Waals surface area contributed by atoms with Crippen LogP contribution in [-0.2, 0) is 13.1 Å². The van der Waals surface area contributed by atoms with Crippen molar-refractivity contribution < 1.29 is 0 Å². The van der Waals surface area contributed by atoms with Crippen LogP contribution < -0.4 is 10.2 Å². The zero-order chi connectivity index (χ0) is 15.2. The van der Waals surface area contributed by atoms with Crippen LogP contribution in [0, 0.1) is 0 Å². The maximum Gasteiger partial charge on any atom is 0.128 e. The summed E-state index contributed by atoms with van der Waals surface area (Å²) in [6, 6.07) is 6.01. The Morgan fingerprint density at radius 2 is 2.14 bits per heavy atom. The number of aromatic nitrogens is 1. The Hall–Kier alpha value is -0.810. The van der Waals surface area contributed by atoms with E-state index in [2.05, 4.69) is 22.1 Å². The van der Waals surface area contributed by atoms with Gasteiger partial charge in [-0.15, -0.1) is 11.3 Å². The topological polar surface area (TPSA) is 28.2 Å². The first kappa shape index (κ1) is 16.6. The predicted molar refractivity (Wildman–Crippen MR) is 92.7 cm³/mol. The normalized spacial score (nSPS) is 10.9. The summed E-state index contributed by atoms with van der Waals surface area (Å²) in [5, 5.41) is 4.07. The Bertz CT molecular complexity index is 586. The average Bonchev–Trinajstić information content (AvgIpc) is 2.86. The summed E-state index contributed by atoms with van der Waals surface area (Å²) in [7, 11) is 2.02. The van der Waals surface area contributed by atoms with Crippen LogP contribution in [-0.4, -0.2) is 18.6 Å². The van der Waals surface area contributed by atoms with Crippen LogP contribution in [0.4, 0.5) is 5.82 Å². The lowest BCUT2D eigenvalue weighted by molar-refractivity contribution is 0.674. The van der Waals surface area contributed by atoms with E-state index < -0.39 is 0 Å². The van der Waals surface area contributed by atoms with E-state index >= 15 is 0 Å². The van der Waals surface area contributed by atoms with Crippen molar-refractivity contribution in [2.45, 2.75) is 26.4 Å². The number of nitrogens with zero attached hydrogens (tertiary/aromatic N) is 2. The van der Waals surface area contributed by atoms with Crippen LogP contribution in [0.25, 0.3) is 0 Å². The molecule has 0 bridgehead atoms. The molecule has 0 saturated heterocycles. The number of hydrogen-bond donors (Lipinski definition) is 1. The largest absolute Gasteiger partial charge is 0.355 e. The van der Waals surface area contributed by atoms with Crippen molar-refractivity contribution in [2.75, 3.05) is 18.5 Å². The Balaban J connectivity index is 2.06. The van der Waals surface area contributed by atoms with E-state index in [9.17, 15) is 0 Å². The molecule has 2 rings (SSSR count). The first-order valence-corrected chi connectivity index (χ1v) is 8.48. The molecule has 6 heteroatoms. The van der Waals surface area contributed by atoms with Gasteiger partial charge in [0.25, 0.3) is 0 Å². The third-order valence-corrected chi connectivity index (χ3v) is 4.63.